The summed E-state index contributed by atoms with van der Waals surface area (Å²) in [5.74, 6) is -0.556. The quantitative estimate of drug-likeness (QED) is 0.479. The van der Waals surface area contributed by atoms with Crippen molar-refractivity contribution in [3.05, 3.63) is 85.1 Å². The van der Waals surface area contributed by atoms with Gasteiger partial charge < -0.3 is 10.2 Å². The van der Waals surface area contributed by atoms with Crippen LogP contribution in [0.2, 0.25) is 5.02 Å². The summed E-state index contributed by atoms with van der Waals surface area (Å²) < 4.78 is 0. The van der Waals surface area contributed by atoms with Crippen LogP contribution in [0.25, 0.3) is 0 Å². The Bertz CT molecular complexity index is 1130. The van der Waals surface area contributed by atoms with E-state index in [4.69, 9.17) is 11.6 Å². The molecule has 0 saturated heterocycles. The highest BCUT2D eigenvalue weighted by atomic mass is 35.5. The highest BCUT2D eigenvalue weighted by Gasteiger charge is 2.26. The number of non-ortho nitro benzene ring substituents is 1. The molecule has 7 nitrogen and oxygen atoms in total. The van der Waals surface area contributed by atoms with Crippen molar-refractivity contribution in [1.29, 1.82) is 0 Å². The van der Waals surface area contributed by atoms with Crippen molar-refractivity contribution in [1.82, 2.24) is 0 Å². The first-order valence-corrected chi connectivity index (χ1v) is 9.93. The Morgan fingerprint density at radius 1 is 1.17 bits per heavy atom. The zero-order valence-electron chi connectivity index (χ0n) is 14.9. The second-order valence-electron chi connectivity index (χ2n) is 6.40. The number of hydrogen-bond acceptors (Lipinski definition) is 5. The van der Waals surface area contributed by atoms with E-state index in [1.54, 1.807) is 23.1 Å². The van der Waals surface area contributed by atoms with Gasteiger partial charge in [0.1, 0.15) is 0 Å². The fourth-order valence-electron chi connectivity index (χ4n) is 3.20. The predicted octanol–water partition coefficient (Wildman–Crippen LogP) is 4.76. The lowest BCUT2D eigenvalue weighted by molar-refractivity contribution is -0.384. The zero-order chi connectivity index (χ0) is 20.5. The first-order chi connectivity index (χ1) is 13.9. The minimum absolute atomic E-state index is 0.00707. The van der Waals surface area contributed by atoms with E-state index in [-0.39, 0.29) is 22.2 Å². The zero-order valence-corrected chi connectivity index (χ0v) is 16.5. The number of hydrogen-bond donors (Lipinski definition) is 1. The van der Waals surface area contributed by atoms with E-state index < -0.39 is 10.8 Å². The number of halogens is 1. The number of carbonyl (C=O) groups excluding carboxylic acids is 2. The van der Waals surface area contributed by atoms with E-state index in [2.05, 4.69) is 5.32 Å². The third-order valence-corrected chi connectivity index (χ3v) is 5.79. The number of anilines is 2. The average molecular weight is 428 g/mol. The molecule has 0 fully saturated rings. The number of nitro groups is 1. The van der Waals surface area contributed by atoms with Crippen LogP contribution < -0.4 is 10.2 Å². The molecule has 0 spiro atoms. The molecule has 1 aliphatic heterocycles. The fourth-order valence-corrected chi connectivity index (χ4v) is 4.13. The van der Waals surface area contributed by atoms with Gasteiger partial charge in [0, 0.05) is 30.1 Å². The average Bonchev–Trinajstić information content (AvgIpc) is 3.37. The van der Waals surface area contributed by atoms with Crippen LogP contribution in [0.1, 0.15) is 25.6 Å². The van der Waals surface area contributed by atoms with Crippen molar-refractivity contribution < 1.29 is 14.5 Å². The Hall–Kier alpha value is -3.23. The molecule has 0 radical (unpaired) electrons. The van der Waals surface area contributed by atoms with Crippen molar-refractivity contribution in [3.63, 3.8) is 0 Å². The maximum atomic E-state index is 12.7. The SMILES string of the molecule is O=C(Nc1ccc2c(c1)N(C(=O)c1cccs1)CC2)c1ccc([N+](=O)[O-])cc1Cl. The van der Waals surface area contributed by atoms with Gasteiger partial charge in [0.25, 0.3) is 17.5 Å². The van der Waals surface area contributed by atoms with E-state index in [1.807, 2.05) is 17.5 Å². The molecule has 0 bridgehead atoms. The molecule has 0 atom stereocenters. The second kappa shape index (κ2) is 7.65. The monoisotopic (exact) mass is 427 g/mol. The smallest absolute Gasteiger partial charge is 0.270 e. The minimum Gasteiger partial charge on any atom is -0.322 e. The van der Waals surface area contributed by atoms with Crippen LogP contribution >= 0.6 is 22.9 Å². The van der Waals surface area contributed by atoms with E-state index in [9.17, 15) is 19.7 Å². The molecule has 2 amide bonds. The van der Waals surface area contributed by atoms with Gasteiger partial charge in [-0.25, -0.2) is 0 Å². The molecule has 1 aromatic heterocycles. The second-order valence-corrected chi connectivity index (χ2v) is 7.76. The molecule has 9 heteroatoms. The lowest BCUT2D eigenvalue weighted by Gasteiger charge is -2.17. The summed E-state index contributed by atoms with van der Waals surface area (Å²) in [6.07, 6.45) is 0.745. The first-order valence-electron chi connectivity index (χ1n) is 8.67. The van der Waals surface area contributed by atoms with E-state index in [0.29, 0.717) is 17.1 Å². The van der Waals surface area contributed by atoms with Crippen LogP contribution in [-0.4, -0.2) is 23.3 Å². The van der Waals surface area contributed by atoms with Crippen molar-refractivity contribution in [2.75, 3.05) is 16.8 Å². The van der Waals surface area contributed by atoms with Gasteiger partial charge in [0.15, 0.2) is 0 Å². The summed E-state index contributed by atoms with van der Waals surface area (Å²) in [7, 11) is 0. The summed E-state index contributed by atoms with van der Waals surface area (Å²) in [5.41, 5.74) is 2.24. The first kappa shape index (κ1) is 19.1. The Kier molecular flexibility index (Phi) is 5.04. The van der Waals surface area contributed by atoms with Crippen molar-refractivity contribution in [2.24, 2.45) is 0 Å². The molecule has 0 aliphatic carbocycles. The van der Waals surface area contributed by atoms with E-state index in [1.165, 1.54) is 23.5 Å². The standard InChI is InChI=1S/C20H14ClN3O4S/c21-16-11-14(24(27)28)5-6-15(16)19(25)22-13-4-3-12-7-8-23(17(12)10-13)20(26)18-2-1-9-29-18/h1-6,9-11H,7-8H2,(H,22,25). The number of nitro benzene ring substituents is 1. The van der Waals surface area contributed by atoms with Gasteiger partial charge in [-0.05, 0) is 41.6 Å². The minimum atomic E-state index is -0.576. The summed E-state index contributed by atoms with van der Waals surface area (Å²) in [4.78, 5) is 37.9. The van der Waals surface area contributed by atoms with Gasteiger partial charge >= 0.3 is 0 Å². The molecule has 4 rings (SSSR count). The number of nitrogens with one attached hydrogen (secondary N) is 1. The predicted molar refractivity (Wildman–Crippen MR) is 112 cm³/mol. The summed E-state index contributed by atoms with van der Waals surface area (Å²) in [5, 5.41) is 15.4. The summed E-state index contributed by atoms with van der Waals surface area (Å²) in [6, 6.07) is 12.7. The van der Waals surface area contributed by atoms with Gasteiger partial charge in [0.05, 0.1) is 20.4 Å². The number of rotatable bonds is 4. The molecule has 146 valence electrons. The van der Waals surface area contributed by atoms with Crippen molar-refractivity contribution in [3.8, 4) is 0 Å². The molecule has 2 heterocycles. The van der Waals surface area contributed by atoms with Gasteiger partial charge in [0.2, 0.25) is 0 Å². The lowest BCUT2D eigenvalue weighted by Crippen LogP contribution is -2.28. The van der Waals surface area contributed by atoms with Crippen LogP contribution in [0.4, 0.5) is 17.1 Å². The molecule has 1 aliphatic rings. The number of amides is 2. The Morgan fingerprint density at radius 2 is 2.00 bits per heavy atom. The number of thiophene rings is 1. The number of carbonyl (C=O) groups is 2. The van der Waals surface area contributed by atoms with Crippen LogP contribution in [0.5, 0.6) is 0 Å². The van der Waals surface area contributed by atoms with Gasteiger partial charge in [-0.3, -0.25) is 19.7 Å². The molecule has 0 unspecified atom stereocenters. The van der Waals surface area contributed by atoms with Gasteiger partial charge in [-0.15, -0.1) is 11.3 Å². The maximum Gasteiger partial charge on any atom is 0.270 e. The van der Waals surface area contributed by atoms with E-state index >= 15 is 0 Å². The highest BCUT2D eigenvalue weighted by molar-refractivity contribution is 7.12. The maximum absolute atomic E-state index is 12.7. The third-order valence-electron chi connectivity index (χ3n) is 4.62. The molecule has 29 heavy (non-hydrogen) atoms. The van der Waals surface area contributed by atoms with Crippen molar-refractivity contribution >= 4 is 51.8 Å². The molecular formula is C20H14ClN3O4S. The summed E-state index contributed by atoms with van der Waals surface area (Å²) >= 11 is 7.42. The molecule has 2 aromatic carbocycles. The molecule has 3 aromatic rings. The Labute approximate surface area is 174 Å². The van der Waals surface area contributed by atoms with Crippen LogP contribution in [0, 0.1) is 10.1 Å². The lowest BCUT2D eigenvalue weighted by atomic mass is 10.1. The van der Waals surface area contributed by atoms with Crippen LogP contribution in [0.15, 0.2) is 53.9 Å². The Morgan fingerprint density at radius 3 is 2.69 bits per heavy atom. The third kappa shape index (κ3) is 3.72. The molecule has 0 saturated carbocycles. The number of nitrogens with zero attached hydrogens (tertiary/aromatic N) is 2. The highest BCUT2D eigenvalue weighted by Crippen LogP contribution is 2.33. The molecule has 1 N–H and O–H groups in total. The van der Waals surface area contributed by atoms with Gasteiger partial charge in [-0.1, -0.05) is 23.7 Å². The van der Waals surface area contributed by atoms with Crippen LogP contribution in [0.3, 0.4) is 0 Å². The van der Waals surface area contributed by atoms with E-state index in [0.717, 1.165) is 23.7 Å². The van der Waals surface area contributed by atoms with Gasteiger partial charge in [-0.2, -0.15) is 0 Å². The largest absolute Gasteiger partial charge is 0.322 e. The summed E-state index contributed by atoms with van der Waals surface area (Å²) in [6.45, 7) is 0.581. The Balaban J connectivity index is 1.57. The van der Waals surface area contributed by atoms with Crippen molar-refractivity contribution in [2.45, 2.75) is 6.42 Å². The number of benzene rings is 2. The number of fused-ring (bicyclic) bond motifs is 1. The topological polar surface area (TPSA) is 92.6 Å². The molecular weight excluding hydrogens is 414 g/mol. The normalized spacial score (nSPS) is 12.5. The fraction of sp³-hybridized carbons (Fsp3) is 0.100. The van der Waals surface area contributed by atoms with Crippen LogP contribution in [-0.2, 0) is 6.42 Å².